The summed E-state index contributed by atoms with van der Waals surface area (Å²) in [5.74, 6) is 0.224. The van der Waals surface area contributed by atoms with Crippen molar-refractivity contribution >= 4 is 5.91 Å². The van der Waals surface area contributed by atoms with Gasteiger partial charge in [0.2, 0.25) is 5.91 Å². The van der Waals surface area contributed by atoms with Crippen LogP contribution in [-0.2, 0) is 11.3 Å². The minimum atomic E-state index is 0.224. The minimum absolute atomic E-state index is 0.224. The highest BCUT2D eigenvalue weighted by molar-refractivity contribution is 5.75. The van der Waals surface area contributed by atoms with Gasteiger partial charge in [0, 0.05) is 31.6 Å². The molecule has 1 rings (SSSR count). The van der Waals surface area contributed by atoms with E-state index in [1.807, 2.05) is 0 Å². The molecule has 0 aliphatic rings. The molecule has 0 spiro atoms. The fraction of sp³-hybridized carbons (Fsp3) is 0.767. The van der Waals surface area contributed by atoms with Gasteiger partial charge in [-0.1, -0.05) is 114 Å². The fourth-order valence-corrected chi connectivity index (χ4v) is 4.68. The van der Waals surface area contributed by atoms with Gasteiger partial charge in [0.25, 0.3) is 0 Å². The maximum Gasteiger partial charge on any atom is 0.219 e. The van der Waals surface area contributed by atoms with Crippen molar-refractivity contribution in [1.29, 1.82) is 0 Å². The second-order valence-electron chi connectivity index (χ2n) is 10.8. The van der Waals surface area contributed by atoms with E-state index in [2.05, 4.69) is 49.7 Å². The van der Waals surface area contributed by atoms with Crippen LogP contribution in [0.5, 0.6) is 0 Å². The molecule has 1 aromatic rings. The highest BCUT2D eigenvalue weighted by Gasteiger charge is 2.15. The summed E-state index contributed by atoms with van der Waals surface area (Å²) in [4.78, 5) is 12.1. The van der Waals surface area contributed by atoms with Gasteiger partial charge in [-0.25, -0.2) is 0 Å². The molecule has 1 amide bonds. The average Bonchev–Trinajstić information content (AvgIpc) is 2.82. The molecule has 4 nitrogen and oxygen atoms in total. The Hall–Kier alpha value is -1.39. The van der Waals surface area contributed by atoms with Gasteiger partial charge in [0.05, 0.1) is 20.6 Å². The number of unbranched alkanes of at least 4 members (excludes halogenated alkanes) is 14. The van der Waals surface area contributed by atoms with Crippen LogP contribution in [0.3, 0.4) is 0 Å². The van der Waals surface area contributed by atoms with Gasteiger partial charge in [-0.05, 0) is 12.8 Å². The minimum Gasteiger partial charge on any atom is -0.396 e. The van der Waals surface area contributed by atoms with Crippen molar-refractivity contribution in [1.82, 2.24) is 5.32 Å². The molecule has 2 N–H and O–H groups in total. The lowest BCUT2D eigenvalue weighted by molar-refractivity contribution is -0.903. The van der Waals surface area contributed by atoms with Gasteiger partial charge >= 0.3 is 0 Å². The van der Waals surface area contributed by atoms with Crippen molar-refractivity contribution in [3.8, 4) is 0 Å². The number of aliphatic hydroxyl groups is 1. The Morgan fingerprint density at radius 1 is 0.706 bits per heavy atom. The summed E-state index contributed by atoms with van der Waals surface area (Å²) >= 11 is 0. The highest BCUT2D eigenvalue weighted by atomic mass is 16.2. The lowest BCUT2D eigenvalue weighted by atomic mass is 10.0. The zero-order chi connectivity index (χ0) is 24.7. The zero-order valence-electron chi connectivity index (χ0n) is 22.5. The molecule has 1 aromatic carbocycles. The van der Waals surface area contributed by atoms with Crippen LogP contribution in [0.1, 0.15) is 115 Å². The van der Waals surface area contributed by atoms with Gasteiger partial charge in [-0.15, -0.1) is 0 Å². The Morgan fingerprint density at radius 2 is 1.18 bits per heavy atom. The highest BCUT2D eigenvalue weighted by Crippen LogP contribution is 2.14. The number of rotatable bonds is 23. The molecule has 0 unspecified atom stereocenters. The predicted octanol–water partition coefficient (Wildman–Crippen LogP) is 7.00. The van der Waals surface area contributed by atoms with E-state index in [4.69, 9.17) is 5.11 Å². The Bertz CT molecular complexity index is 589. The molecule has 0 bridgehead atoms. The molecule has 0 radical (unpaired) electrons. The number of carbonyl (C=O) groups excluding carboxylic acids is 1. The molecular formula is C30H55N2O2+. The predicted molar refractivity (Wildman–Crippen MR) is 146 cm³/mol. The van der Waals surface area contributed by atoms with Crippen molar-refractivity contribution in [3.05, 3.63) is 35.9 Å². The van der Waals surface area contributed by atoms with Crippen LogP contribution in [-0.4, -0.2) is 49.3 Å². The molecule has 0 aromatic heterocycles. The molecular weight excluding hydrogens is 420 g/mol. The van der Waals surface area contributed by atoms with Gasteiger partial charge in [-0.2, -0.15) is 0 Å². The number of amides is 1. The van der Waals surface area contributed by atoms with E-state index < -0.39 is 0 Å². The summed E-state index contributed by atoms with van der Waals surface area (Å²) in [5.41, 5.74) is 1.37. The molecule has 196 valence electrons. The molecule has 0 heterocycles. The largest absolute Gasteiger partial charge is 0.396 e. The van der Waals surface area contributed by atoms with Gasteiger partial charge in [0.15, 0.2) is 0 Å². The van der Waals surface area contributed by atoms with E-state index in [1.54, 1.807) is 0 Å². The first-order valence-corrected chi connectivity index (χ1v) is 14.3. The number of carbonyl (C=O) groups is 1. The summed E-state index contributed by atoms with van der Waals surface area (Å²) in [6, 6.07) is 10.6. The lowest BCUT2D eigenvalue weighted by Crippen LogP contribution is -2.41. The van der Waals surface area contributed by atoms with Crippen molar-refractivity contribution in [2.24, 2.45) is 0 Å². The van der Waals surface area contributed by atoms with Crippen LogP contribution in [0, 0.1) is 0 Å². The lowest BCUT2D eigenvalue weighted by Gasteiger charge is -2.30. The van der Waals surface area contributed by atoms with Crippen LogP contribution < -0.4 is 5.32 Å². The number of benzene rings is 1. The molecule has 4 heteroatoms. The normalized spacial score (nSPS) is 11.6. The third kappa shape index (κ3) is 19.0. The Kier molecular flexibility index (Phi) is 18.9. The summed E-state index contributed by atoms with van der Waals surface area (Å²) < 4.78 is 0.950. The SMILES string of the molecule is C[N+](C)(CCCNC(=O)CCCCCCCCCCCCCCCCCO)Cc1ccccc1. The molecule has 0 saturated carbocycles. The number of aliphatic hydroxyl groups excluding tert-OH is 1. The maximum atomic E-state index is 12.1. The van der Waals surface area contributed by atoms with Crippen molar-refractivity contribution < 1.29 is 14.4 Å². The molecule has 0 saturated heterocycles. The third-order valence-corrected chi connectivity index (χ3v) is 6.78. The fourth-order valence-electron chi connectivity index (χ4n) is 4.68. The molecule has 0 fully saturated rings. The van der Waals surface area contributed by atoms with Crippen molar-refractivity contribution in [2.45, 2.75) is 116 Å². The first-order chi connectivity index (χ1) is 16.5. The first kappa shape index (κ1) is 30.6. The van der Waals surface area contributed by atoms with E-state index in [1.165, 1.54) is 89.0 Å². The van der Waals surface area contributed by atoms with E-state index in [9.17, 15) is 4.79 Å². The van der Waals surface area contributed by atoms with Crippen molar-refractivity contribution in [2.75, 3.05) is 33.8 Å². The zero-order valence-corrected chi connectivity index (χ0v) is 22.5. The van der Waals surface area contributed by atoms with Gasteiger partial charge in [-0.3, -0.25) is 4.79 Å². The van der Waals surface area contributed by atoms with E-state index >= 15 is 0 Å². The van der Waals surface area contributed by atoms with E-state index in [0.29, 0.717) is 13.0 Å². The van der Waals surface area contributed by atoms with Crippen LogP contribution >= 0.6 is 0 Å². The quantitative estimate of drug-likeness (QED) is 0.132. The average molecular weight is 476 g/mol. The maximum absolute atomic E-state index is 12.1. The van der Waals surface area contributed by atoms with Crippen LogP contribution in [0.15, 0.2) is 30.3 Å². The number of hydrogen-bond acceptors (Lipinski definition) is 2. The van der Waals surface area contributed by atoms with Crippen LogP contribution in [0.4, 0.5) is 0 Å². The summed E-state index contributed by atoms with van der Waals surface area (Å²) in [7, 11) is 4.53. The Labute approximate surface area is 211 Å². The summed E-state index contributed by atoms with van der Waals surface area (Å²) in [6.45, 7) is 3.24. The molecule has 0 aliphatic heterocycles. The first-order valence-electron chi connectivity index (χ1n) is 14.3. The second-order valence-corrected chi connectivity index (χ2v) is 10.8. The molecule has 0 atom stereocenters. The Balaban J connectivity index is 1.83. The summed E-state index contributed by atoms with van der Waals surface area (Å²) in [5, 5.41) is 11.9. The van der Waals surface area contributed by atoms with Gasteiger partial charge in [0.1, 0.15) is 6.54 Å². The van der Waals surface area contributed by atoms with Crippen LogP contribution in [0.25, 0.3) is 0 Å². The monoisotopic (exact) mass is 475 g/mol. The topological polar surface area (TPSA) is 49.3 Å². The van der Waals surface area contributed by atoms with Gasteiger partial charge < -0.3 is 14.9 Å². The van der Waals surface area contributed by atoms with Crippen LogP contribution in [0.2, 0.25) is 0 Å². The molecule has 34 heavy (non-hydrogen) atoms. The molecule has 0 aliphatic carbocycles. The number of nitrogens with one attached hydrogen (secondary N) is 1. The number of nitrogens with zero attached hydrogens (tertiary/aromatic N) is 1. The summed E-state index contributed by atoms with van der Waals surface area (Å²) in [6.07, 6.45) is 20.9. The number of quaternary nitrogens is 1. The van der Waals surface area contributed by atoms with E-state index in [0.717, 1.165) is 43.4 Å². The smallest absolute Gasteiger partial charge is 0.219 e. The van der Waals surface area contributed by atoms with E-state index in [-0.39, 0.29) is 5.91 Å². The standard InChI is InChI=1S/C30H54N2O2/c1-32(2,28-29-22-17-16-18-23-29)26-21-25-31-30(34)24-19-14-12-10-8-6-4-3-5-7-9-11-13-15-20-27-33/h16-18,22-23,33H,3-15,19-21,24-28H2,1-2H3/p+1. The number of hydrogen-bond donors (Lipinski definition) is 2. The Morgan fingerprint density at radius 3 is 1.68 bits per heavy atom. The second kappa shape index (κ2) is 20.9. The van der Waals surface area contributed by atoms with Crippen molar-refractivity contribution in [3.63, 3.8) is 0 Å². The third-order valence-electron chi connectivity index (χ3n) is 6.78.